The number of ether oxygens (including phenoxy) is 1. The monoisotopic (exact) mass is 406 g/mol. The van der Waals surface area contributed by atoms with Crippen LogP contribution in [-0.2, 0) is 9.53 Å². The van der Waals surface area contributed by atoms with Gasteiger partial charge in [-0.1, -0.05) is 56.7 Å². The van der Waals surface area contributed by atoms with Gasteiger partial charge in [-0.25, -0.2) is 0 Å². The molecule has 5 rings (SSSR count). The van der Waals surface area contributed by atoms with Crippen LogP contribution in [0, 0.1) is 40.9 Å². The van der Waals surface area contributed by atoms with Gasteiger partial charge in [0, 0.05) is 12.3 Å². The van der Waals surface area contributed by atoms with E-state index in [4.69, 9.17) is 4.74 Å². The van der Waals surface area contributed by atoms with Gasteiger partial charge in [-0.3, -0.25) is 4.79 Å². The van der Waals surface area contributed by atoms with Gasteiger partial charge in [-0.2, -0.15) is 0 Å². The molecule has 8 atom stereocenters. The Hall–Kier alpha value is -1.57. The highest BCUT2D eigenvalue weighted by Crippen LogP contribution is 2.64. The summed E-state index contributed by atoms with van der Waals surface area (Å²) >= 11 is 0. The third-order valence-electron chi connectivity index (χ3n) is 9.48. The lowest BCUT2D eigenvalue weighted by atomic mass is 9.50. The van der Waals surface area contributed by atoms with E-state index in [1.165, 1.54) is 56.1 Å². The number of hydrogen-bond acceptors (Lipinski definition) is 2. The van der Waals surface area contributed by atoms with Crippen molar-refractivity contribution in [1.29, 1.82) is 0 Å². The smallest absolute Gasteiger partial charge is 0.303 e. The predicted octanol–water partition coefficient (Wildman–Crippen LogP) is 6.90. The first-order valence-electron chi connectivity index (χ1n) is 12.4. The third kappa shape index (κ3) is 3.45. The van der Waals surface area contributed by atoms with Crippen molar-refractivity contribution in [1.82, 2.24) is 0 Å². The molecule has 0 unspecified atom stereocenters. The highest BCUT2D eigenvalue weighted by atomic mass is 16.5. The maximum absolute atomic E-state index is 12.1. The maximum atomic E-state index is 12.1. The van der Waals surface area contributed by atoms with Crippen molar-refractivity contribution < 1.29 is 9.53 Å². The Kier molecular flexibility index (Phi) is 5.32. The highest BCUT2D eigenvalue weighted by Gasteiger charge is 2.59. The largest absolute Gasteiger partial charge is 0.457 e. The van der Waals surface area contributed by atoms with Gasteiger partial charge >= 0.3 is 5.97 Å². The summed E-state index contributed by atoms with van der Waals surface area (Å²) in [5, 5.41) is 0. The molecule has 4 aliphatic carbocycles. The van der Waals surface area contributed by atoms with Crippen LogP contribution in [0.4, 0.5) is 0 Å². The van der Waals surface area contributed by atoms with Gasteiger partial charge in [0.1, 0.15) is 6.10 Å². The fourth-order valence-corrected chi connectivity index (χ4v) is 8.20. The van der Waals surface area contributed by atoms with Crippen LogP contribution < -0.4 is 0 Å². The molecule has 0 radical (unpaired) electrons. The van der Waals surface area contributed by atoms with Gasteiger partial charge in [0.15, 0.2) is 0 Å². The van der Waals surface area contributed by atoms with Crippen molar-refractivity contribution in [3.05, 3.63) is 41.5 Å². The van der Waals surface area contributed by atoms with E-state index in [1.54, 1.807) is 6.92 Å². The molecular weight excluding hydrogens is 368 g/mol. The molecule has 4 saturated carbocycles. The lowest BCUT2D eigenvalue weighted by Crippen LogP contribution is -2.50. The molecule has 0 heterocycles. The molecule has 162 valence electrons. The highest BCUT2D eigenvalue weighted by molar-refractivity contribution is 5.67. The summed E-state index contributed by atoms with van der Waals surface area (Å²) in [5.41, 5.74) is 2.68. The number of rotatable bonds is 2. The maximum Gasteiger partial charge on any atom is 0.303 e. The standard InChI is InChI=1S/C28H38O2/c1-18-9-11-23-21(15-18)10-12-25-24(23)13-14-28(3)26(25)17-22(27(28)30-19(2)29)16-20-7-5-4-6-8-20/h4-8,16,18,21,23-27H,9-15,17H2,1-3H3/b22-16+/t18-,21-,23+,24-,25-,26+,27+,28+/m0/s1. The van der Waals surface area contributed by atoms with Gasteiger partial charge in [-0.05, 0) is 91.6 Å². The summed E-state index contributed by atoms with van der Waals surface area (Å²) in [6, 6.07) is 10.6. The molecule has 0 N–H and O–H groups in total. The molecular formula is C28H38O2. The van der Waals surface area contributed by atoms with Gasteiger partial charge in [0.25, 0.3) is 0 Å². The Morgan fingerprint density at radius 1 is 1.03 bits per heavy atom. The second kappa shape index (κ2) is 7.84. The molecule has 2 heteroatoms. The first-order valence-corrected chi connectivity index (χ1v) is 12.4. The fraction of sp³-hybridized carbons (Fsp3) is 0.679. The summed E-state index contributed by atoms with van der Waals surface area (Å²) < 4.78 is 6.06. The predicted molar refractivity (Wildman–Crippen MR) is 122 cm³/mol. The molecule has 1 aromatic carbocycles. The number of hydrogen-bond donors (Lipinski definition) is 0. The quantitative estimate of drug-likeness (QED) is 0.499. The zero-order valence-corrected chi connectivity index (χ0v) is 19.0. The Morgan fingerprint density at radius 3 is 2.57 bits per heavy atom. The molecule has 0 bridgehead atoms. The van der Waals surface area contributed by atoms with Crippen LogP contribution in [0.2, 0.25) is 0 Å². The minimum atomic E-state index is -0.132. The van der Waals surface area contributed by atoms with Crippen molar-refractivity contribution in [2.24, 2.45) is 40.9 Å². The van der Waals surface area contributed by atoms with Crippen LogP contribution >= 0.6 is 0 Å². The van der Waals surface area contributed by atoms with E-state index in [0.29, 0.717) is 5.92 Å². The van der Waals surface area contributed by atoms with Crippen LogP contribution in [0.15, 0.2) is 35.9 Å². The second-order valence-electron chi connectivity index (χ2n) is 11.2. The fourth-order valence-electron chi connectivity index (χ4n) is 8.20. The average molecular weight is 407 g/mol. The summed E-state index contributed by atoms with van der Waals surface area (Å²) in [6.45, 7) is 6.47. The van der Waals surface area contributed by atoms with E-state index < -0.39 is 0 Å². The summed E-state index contributed by atoms with van der Waals surface area (Å²) in [6.07, 6.45) is 13.1. The molecule has 4 aliphatic rings. The van der Waals surface area contributed by atoms with Gasteiger partial charge in [0.05, 0.1) is 0 Å². The number of carbonyl (C=O) groups is 1. The van der Waals surface area contributed by atoms with Crippen LogP contribution in [0.3, 0.4) is 0 Å². The number of esters is 1. The molecule has 30 heavy (non-hydrogen) atoms. The molecule has 0 aromatic heterocycles. The first-order chi connectivity index (χ1) is 14.5. The number of fused-ring (bicyclic) bond motifs is 5. The Labute approximate surface area is 182 Å². The van der Waals surface area contributed by atoms with Crippen LogP contribution in [0.1, 0.15) is 77.7 Å². The SMILES string of the molecule is CC(=O)O[C@@H]1/C(=C/c2ccccc2)C[C@@H]2[C@H]3CC[C@H]4C[C@@H](C)CC[C@H]4[C@@H]3CC[C@@]12C. The van der Waals surface area contributed by atoms with E-state index in [0.717, 1.165) is 36.0 Å². The second-order valence-corrected chi connectivity index (χ2v) is 11.2. The van der Waals surface area contributed by atoms with Crippen molar-refractivity contribution in [2.45, 2.75) is 78.2 Å². The van der Waals surface area contributed by atoms with E-state index in [2.05, 4.69) is 50.3 Å². The summed E-state index contributed by atoms with van der Waals surface area (Å²) in [7, 11) is 0. The van der Waals surface area contributed by atoms with Crippen molar-refractivity contribution in [3.8, 4) is 0 Å². The minimum Gasteiger partial charge on any atom is -0.457 e. The molecule has 2 nitrogen and oxygen atoms in total. The van der Waals surface area contributed by atoms with Crippen molar-refractivity contribution >= 4 is 12.0 Å². The van der Waals surface area contributed by atoms with Crippen LogP contribution in [0.25, 0.3) is 6.08 Å². The third-order valence-corrected chi connectivity index (χ3v) is 9.48. The van der Waals surface area contributed by atoms with Gasteiger partial charge in [0.2, 0.25) is 0 Å². The zero-order chi connectivity index (χ0) is 20.9. The summed E-state index contributed by atoms with van der Waals surface area (Å²) in [4.78, 5) is 12.1. The molecule has 0 spiro atoms. The van der Waals surface area contributed by atoms with Gasteiger partial charge < -0.3 is 4.74 Å². The lowest BCUT2D eigenvalue weighted by molar-refractivity contribution is -0.155. The molecule has 4 fully saturated rings. The Bertz CT molecular complexity index is 811. The van der Waals surface area contributed by atoms with Crippen LogP contribution in [0.5, 0.6) is 0 Å². The van der Waals surface area contributed by atoms with E-state index >= 15 is 0 Å². The van der Waals surface area contributed by atoms with E-state index in [9.17, 15) is 4.79 Å². The lowest BCUT2D eigenvalue weighted by Gasteiger charge is -2.55. The molecule has 0 aliphatic heterocycles. The first kappa shape index (κ1) is 20.3. The zero-order valence-electron chi connectivity index (χ0n) is 19.0. The minimum absolute atomic E-state index is 0.0507. The Balaban J connectivity index is 1.46. The molecule has 0 saturated heterocycles. The topological polar surface area (TPSA) is 26.3 Å². The van der Waals surface area contributed by atoms with Crippen LogP contribution in [-0.4, -0.2) is 12.1 Å². The molecule has 1 aromatic rings. The average Bonchev–Trinajstić information content (AvgIpc) is 2.99. The van der Waals surface area contributed by atoms with E-state index in [-0.39, 0.29) is 17.5 Å². The normalized spacial score (nSPS) is 44.1. The number of benzene rings is 1. The summed E-state index contributed by atoms with van der Waals surface area (Å²) in [5.74, 6) is 5.12. The van der Waals surface area contributed by atoms with Crippen molar-refractivity contribution in [2.75, 3.05) is 0 Å². The molecule has 0 amide bonds. The van der Waals surface area contributed by atoms with Gasteiger partial charge in [-0.15, -0.1) is 0 Å². The van der Waals surface area contributed by atoms with E-state index in [1.807, 2.05) is 0 Å². The Morgan fingerprint density at radius 2 is 1.80 bits per heavy atom. The number of carbonyl (C=O) groups excluding carboxylic acids is 1. The van der Waals surface area contributed by atoms with Crippen molar-refractivity contribution in [3.63, 3.8) is 0 Å².